The number of fused-ring (bicyclic) bond motifs is 1. The number of nitrogens with zero attached hydrogens (tertiary/aromatic N) is 1. The molecule has 2 heterocycles. The van der Waals surface area contributed by atoms with Crippen LogP contribution in [-0.2, 0) is 36.8 Å². The molecule has 3 amide bonds. The molecular formula is C24H29N7O8. The zero-order chi connectivity index (χ0) is 28.5. The molecule has 4 unspecified atom stereocenters. The summed E-state index contributed by atoms with van der Waals surface area (Å²) in [5.74, 6) is -5.58. The number of carbonyl (C=O) groups is 5. The van der Waals surface area contributed by atoms with Crippen molar-refractivity contribution >= 4 is 40.6 Å². The minimum absolute atomic E-state index is 0.0755. The average molecular weight is 544 g/mol. The summed E-state index contributed by atoms with van der Waals surface area (Å²) >= 11 is 0. The molecule has 0 spiro atoms. The fourth-order valence-corrected chi connectivity index (χ4v) is 3.84. The zero-order valence-electron chi connectivity index (χ0n) is 20.6. The molecule has 0 radical (unpaired) electrons. The Balaban J connectivity index is 1.88. The van der Waals surface area contributed by atoms with Crippen molar-refractivity contribution in [1.29, 1.82) is 0 Å². The Hall–Kier alpha value is -4.76. The van der Waals surface area contributed by atoms with Crippen LogP contribution in [0.25, 0.3) is 10.9 Å². The summed E-state index contributed by atoms with van der Waals surface area (Å²) in [6, 6.07) is 1.50. The molecule has 0 aliphatic carbocycles. The minimum Gasteiger partial charge on any atom is -0.481 e. The van der Waals surface area contributed by atoms with Crippen LogP contribution in [0.15, 0.2) is 43.0 Å². The van der Waals surface area contributed by atoms with Crippen molar-refractivity contribution in [2.75, 3.05) is 6.61 Å². The minimum atomic E-state index is -1.75. The van der Waals surface area contributed by atoms with Gasteiger partial charge in [0.05, 0.1) is 19.4 Å². The van der Waals surface area contributed by atoms with Crippen molar-refractivity contribution in [2.24, 2.45) is 5.73 Å². The number of aliphatic hydroxyl groups excluding tert-OH is 1. The number of H-pyrrole nitrogens is 2. The van der Waals surface area contributed by atoms with Crippen LogP contribution in [0.5, 0.6) is 0 Å². The fourth-order valence-electron chi connectivity index (χ4n) is 3.84. The van der Waals surface area contributed by atoms with Gasteiger partial charge in [-0.25, -0.2) is 9.78 Å². The topological polar surface area (TPSA) is 253 Å². The Morgan fingerprint density at radius 1 is 0.897 bits per heavy atom. The predicted octanol–water partition coefficient (Wildman–Crippen LogP) is -1.99. The Kier molecular flexibility index (Phi) is 9.72. The molecule has 0 aliphatic heterocycles. The van der Waals surface area contributed by atoms with Crippen LogP contribution in [0.2, 0.25) is 0 Å². The number of rotatable bonds is 14. The molecule has 39 heavy (non-hydrogen) atoms. The van der Waals surface area contributed by atoms with Gasteiger partial charge in [-0.15, -0.1) is 0 Å². The Morgan fingerprint density at radius 2 is 1.54 bits per heavy atom. The maximum absolute atomic E-state index is 13.4. The molecule has 3 aromatic rings. The van der Waals surface area contributed by atoms with E-state index in [0.29, 0.717) is 11.3 Å². The van der Waals surface area contributed by atoms with Gasteiger partial charge >= 0.3 is 11.9 Å². The van der Waals surface area contributed by atoms with E-state index in [1.165, 1.54) is 12.5 Å². The summed E-state index contributed by atoms with van der Waals surface area (Å²) in [7, 11) is 0. The summed E-state index contributed by atoms with van der Waals surface area (Å²) in [5.41, 5.74) is 7.42. The highest BCUT2D eigenvalue weighted by molar-refractivity contribution is 5.95. The Bertz CT molecular complexity index is 1320. The molecule has 10 N–H and O–H groups in total. The van der Waals surface area contributed by atoms with Crippen LogP contribution in [0.3, 0.4) is 0 Å². The van der Waals surface area contributed by atoms with Gasteiger partial charge in [0, 0.05) is 41.8 Å². The number of para-hydroxylation sites is 1. The van der Waals surface area contributed by atoms with Crippen LogP contribution in [0.1, 0.15) is 17.7 Å². The van der Waals surface area contributed by atoms with Crippen molar-refractivity contribution in [3.05, 3.63) is 54.2 Å². The lowest BCUT2D eigenvalue weighted by Crippen LogP contribution is -2.58. The van der Waals surface area contributed by atoms with E-state index >= 15 is 0 Å². The molecule has 1 aromatic carbocycles. The second-order valence-corrected chi connectivity index (χ2v) is 8.75. The molecule has 2 aromatic heterocycles. The SMILES string of the molecule is NC(CO)C(=O)NC(Cc1cnc[nH]1)C(=O)NC(Cc1c[nH]c2ccccc12)C(=O)NC(CC(=O)O)C(=O)O. The maximum Gasteiger partial charge on any atom is 0.326 e. The normalized spacial score (nSPS) is 14.1. The average Bonchev–Trinajstić information content (AvgIpc) is 3.56. The monoisotopic (exact) mass is 543 g/mol. The van der Waals surface area contributed by atoms with Gasteiger partial charge in [-0.2, -0.15) is 0 Å². The van der Waals surface area contributed by atoms with E-state index in [1.807, 2.05) is 0 Å². The van der Waals surface area contributed by atoms with E-state index < -0.39 is 66.9 Å². The van der Waals surface area contributed by atoms with E-state index in [0.717, 1.165) is 10.9 Å². The highest BCUT2D eigenvalue weighted by Crippen LogP contribution is 2.19. The van der Waals surface area contributed by atoms with E-state index in [9.17, 15) is 34.2 Å². The molecule has 0 aliphatic rings. The Morgan fingerprint density at radius 3 is 2.15 bits per heavy atom. The number of nitrogens with two attached hydrogens (primary N) is 1. The smallest absolute Gasteiger partial charge is 0.326 e. The summed E-state index contributed by atoms with van der Waals surface area (Å²) < 4.78 is 0. The molecule has 4 atom stereocenters. The number of aromatic amines is 2. The van der Waals surface area contributed by atoms with Gasteiger partial charge in [0.2, 0.25) is 17.7 Å². The van der Waals surface area contributed by atoms with Crippen LogP contribution < -0.4 is 21.7 Å². The number of aromatic nitrogens is 3. The highest BCUT2D eigenvalue weighted by atomic mass is 16.4. The maximum atomic E-state index is 13.4. The van der Waals surface area contributed by atoms with Gasteiger partial charge in [0.15, 0.2) is 0 Å². The van der Waals surface area contributed by atoms with Crippen molar-refractivity contribution in [3.63, 3.8) is 0 Å². The van der Waals surface area contributed by atoms with E-state index in [-0.39, 0.29) is 12.8 Å². The molecule has 0 saturated carbocycles. The van der Waals surface area contributed by atoms with E-state index in [4.69, 9.17) is 10.8 Å². The lowest BCUT2D eigenvalue weighted by Gasteiger charge is -2.24. The number of carboxylic acid groups (broad SMARTS) is 2. The predicted molar refractivity (Wildman–Crippen MR) is 135 cm³/mol. The molecule has 0 saturated heterocycles. The number of amides is 3. The summed E-state index contributed by atoms with van der Waals surface area (Å²) in [4.78, 5) is 71.3. The van der Waals surface area contributed by atoms with E-state index in [1.54, 1.807) is 30.5 Å². The van der Waals surface area contributed by atoms with Crippen molar-refractivity contribution in [3.8, 4) is 0 Å². The lowest BCUT2D eigenvalue weighted by atomic mass is 10.0. The van der Waals surface area contributed by atoms with Crippen molar-refractivity contribution < 1.29 is 39.3 Å². The fraction of sp³-hybridized carbons (Fsp3) is 0.333. The van der Waals surface area contributed by atoms with Gasteiger partial charge in [0.25, 0.3) is 0 Å². The quantitative estimate of drug-likeness (QED) is 0.108. The summed E-state index contributed by atoms with van der Waals surface area (Å²) in [6.07, 6.45) is 3.38. The largest absolute Gasteiger partial charge is 0.481 e. The van der Waals surface area contributed by atoms with Crippen LogP contribution in [-0.4, -0.2) is 90.7 Å². The molecule has 0 fully saturated rings. The number of aliphatic hydroxyl groups is 1. The first kappa shape index (κ1) is 28.8. The number of hydrogen-bond acceptors (Lipinski definition) is 8. The first-order valence-corrected chi connectivity index (χ1v) is 11.8. The summed E-state index contributed by atoms with van der Waals surface area (Å²) in [6.45, 7) is -0.671. The first-order chi connectivity index (χ1) is 18.6. The standard InChI is InChI=1S/C24H29N7O8/c25-15(10-32)21(35)29-18(6-13-9-26-11-28-13)23(37)30-17(22(36)31-19(24(38)39)7-20(33)34)5-12-8-27-16-4-2-1-3-14(12)16/h1-4,8-9,11,15,17-19,27,32H,5-7,10,25H2,(H,26,28)(H,29,35)(H,30,37)(H,31,36)(H,33,34)(H,38,39). The molecule has 15 nitrogen and oxygen atoms in total. The molecule has 3 rings (SSSR count). The third kappa shape index (κ3) is 7.86. The molecular weight excluding hydrogens is 514 g/mol. The lowest BCUT2D eigenvalue weighted by molar-refractivity contribution is -0.147. The number of hydrogen-bond donors (Lipinski definition) is 9. The van der Waals surface area contributed by atoms with Gasteiger partial charge in [-0.1, -0.05) is 18.2 Å². The second kappa shape index (κ2) is 13.2. The summed E-state index contributed by atoms with van der Waals surface area (Å²) in [5, 5.41) is 35.5. The third-order valence-electron chi connectivity index (χ3n) is 5.87. The van der Waals surface area contributed by atoms with E-state index in [2.05, 4.69) is 30.9 Å². The number of carboxylic acids is 2. The second-order valence-electron chi connectivity index (χ2n) is 8.75. The Labute approximate surface area is 221 Å². The van der Waals surface area contributed by atoms with Gasteiger partial charge in [-0.3, -0.25) is 19.2 Å². The number of aliphatic carboxylic acids is 2. The van der Waals surface area contributed by atoms with Gasteiger partial charge in [0.1, 0.15) is 24.2 Å². The van der Waals surface area contributed by atoms with Crippen LogP contribution in [0.4, 0.5) is 0 Å². The van der Waals surface area contributed by atoms with Crippen molar-refractivity contribution in [2.45, 2.75) is 43.4 Å². The number of imidazole rings is 1. The van der Waals surface area contributed by atoms with Gasteiger partial charge in [-0.05, 0) is 11.6 Å². The first-order valence-electron chi connectivity index (χ1n) is 11.8. The van der Waals surface area contributed by atoms with Crippen LogP contribution in [0, 0.1) is 0 Å². The molecule has 0 bridgehead atoms. The van der Waals surface area contributed by atoms with Gasteiger partial charge < -0.3 is 47.0 Å². The number of carbonyl (C=O) groups excluding carboxylic acids is 3. The number of benzene rings is 1. The molecule has 208 valence electrons. The zero-order valence-corrected chi connectivity index (χ0v) is 20.6. The van der Waals surface area contributed by atoms with Crippen LogP contribution >= 0.6 is 0 Å². The molecule has 15 heteroatoms. The van der Waals surface area contributed by atoms with Crippen molar-refractivity contribution in [1.82, 2.24) is 30.9 Å². The highest BCUT2D eigenvalue weighted by Gasteiger charge is 2.32. The third-order valence-corrected chi connectivity index (χ3v) is 5.87. The number of nitrogens with one attached hydrogen (secondary N) is 5.